The van der Waals surface area contributed by atoms with Gasteiger partial charge in [-0.1, -0.05) is 42.5 Å². The highest BCUT2D eigenvalue weighted by Crippen LogP contribution is 2.14. The Morgan fingerprint density at radius 3 is 2.38 bits per heavy atom. The Balaban J connectivity index is 1.83. The first kappa shape index (κ1) is 15.2. The average molecular weight is 287 g/mol. The molecule has 0 bridgehead atoms. The first-order valence-corrected chi connectivity index (χ1v) is 6.90. The first-order valence-electron chi connectivity index (χ1n) is 6.90. The van der Waals surface area contributed by atoms with Gasteiger partial charge in [0.15, 0.2) is 0 Å². The molecular formula is C17H18FNO2. The highest BCUT2D eigenvalue weighted by molar-refractivity contribution is 5.76. The Bertz CT molecular complexity index is 569. The van der Waals surface area contributed by atoms with Crippen LogP contribution in [0.4, 0.5) is 4.39 Å². The molecule has 0 radical (unpaired) electrons. The van der Waals surface area contributed by atoms with Crippen LogP contribution in [0.5, 0.6) is 0 Å². The van der Waals surface area contributed by atoms with E-state index in [4.69, 9.17) is 0 Å². The molecule has 0 saturated heterocycles. The van der Waals surface area contributed by atoms with Crippen molar-refractivity contribution in [2.24, 2.45) is 0 Å². The van der Waals surface area contributed by atoms with Gasteiger partial charge in [0.1, 0.15) is 5.82 Å². The van der Waals surface area contributed by atoms with E-state index in [2.05, 4.69) is 5.32 Å². The molecule has 0 aliphatic rings. The molecule has 0 saturated carbocycles. The predicted molar refractivity (Wildman–Crippen MR) is 79.8 cm³/mol. The maximum Gasteiger partial charge on any atom is 0.312 e. The minimum atomic E-state index is -0.838. The number of hydrogen-bond acceptors (Lipinski definition) is 2. The topological polar surface area (TPSA) is 49.3 Å². The third-order valence-electron chi connectivity index (χ3n) is 3.35. The Hall–Kier alpha value is -2.20. The molecule has 0 spiro atoms. The normalized spacial score (nSPS) is 12.0. The third-order valence-corrected chi connectivity index (χ3v) is 3.35. The summed E-state index contributed by atoms with van der Waals surface area (Å²) >= 11 is 0. The zero-order chi connectivity index (χ0) is 15.1. The van der Waals surface area contributed by atoms with E-state index in [1.165, 1.54) is 12.1 Å². The van der Waals surface area contributed by atoms with Gasteiger partial charge in [0.05, 0.1) is 5.92 Å². The van der Waals surface area contributed by atoms with Crippen molar-refractivity contribution in [3.63, 3.8) is 0 Å². The van der Waals surface area contributed by atoms with E-state index in [1.807, 2.05) is 30.3 Å². The van der Waals surface area contributed by atoms with Crippen LogP contribution in [0.1, 0.15) is 17.0 Å². The Morgan fingerprint density at radius 1 is 1.10 bits per heavy atom. The van der Waals surface area contributed by atoms with Crippen molar-refractivity contribution in [1.82, 2.24) is 5.32 Å². The molecule has 0 aromatic heterocycles. The van der Waals surface area contributed by atoms with Crippen LogP contribution in [-0.2, 0) is 11.2 Å². The van der Waals surface area contributed by atoms with Crippen molar-refractivity contribution in [2.45, 2.75) is 12.3 Å². The van der Waals surface area contributed by atoms with Crippen molar-refractivity contribution < 1.29 is 14.3 Å². The highest BCUT2D eigenvalue weighted by atomic mass is 19.1. The van der Waals surface area contributed by atoms with Gasteiger partial charge in [-0.15, -0.1) is 0 Å². The molecule has 0 fully saturated rings. The summed E-state index contributed by atoms with van der Waals surface area (Å²) < 4.78 is 12.8. The van der Waals surface area contributed by atoms with Crippen LogP contribution in [0, 0.1) is 5.82 Å². The van der Waals surface area contributed by atoms with Gasteiger partial charge in [0.25, 0.3) is 0 Å². The van der Waals surface area contributed by atoms with E-state index < -0.39 is 11.9 Å². The molecule has 2 rings (SSSR count). The van der Waals surface area contributed by atoms with E-state index >= 15 is 0 Å². The molecule has 1 unspecified atom stereocenters. The zero-order valence-corrected chi connectivity index (χ0v) is 11.6. The first-order chi connectivity index (χ1) is 10.2. The smallest absolute Gasteiger partial charge is 0.312 e. The highest BCUT2D eigenvalue weighted by Gasteiger charge is 2.18. The maximum absolute atomic E-state index is 12.8. The summed E-state index contributed by atoms with van der Waals surface area (Å²) in [5.74, 6) is -1.64. The standard InChI is InChI=1S/C17H18FNO2/c18-15-8-6-13(7-9-15)10-11-19-12-16(17(20)21)14-4-2-1-3-5-14/h1-9,16,19H,10-12H2,(H,20,21). The van der Waals surface area contributed by atoms with Crippen LogP contribution < -0.4 is 5.32 Å². The molecule has 2 aromatic rings. The predicted octanol–water partition coefficient (Wildman–Crippen LogP) is 2.83. The number of nitrogens with one attached hydrogen (secondary N) is 1. The maximum atomic E-state index is 12.8. The van der Waals surface area contributed by atoms with Gasteiger partial charge in [-0.3, -0.25) is 4.79 Å². The molecule has 2 aromatic carbocycles. The van der Waals surface area contributed by atoms with Crippen molar-refractivity contribution in [1.29, 1.82) is 0 Å². The van der Waals surface area contributed by atoms with Crippen LogP contribution in [0.2, 0.25) is 0 Å². The second kappa shape index (κ2) is 7.55. The van der Waals surface area contributed by atoms with Crippen LogP contribution >= 0.6 is 0 Å². The summed E-state index contributed by atoms with van der Waals surface area (Å²) in [6.07, 6.45) is 0.738. The quantitative estimate of drug-likeness (QED) is 0.770. The molecule has 21 heavy (non-hydrogen) atoms. The zero-order valence-electron chi connectivity index (χ0n) is 11.6. The number of carbonyl (C=O) groups is 1. The fourth-order valence-electron chi connectivity index (χ4n) is 2.16. The van der Waals surface area contributed by atoms with E-state index in [9.17, 15) is 14.3 Å². The molecule has 0 aliphatic heterocycles. The van der Waals surface area contributed by atoms with E-state index in [-0.39, 0.29) is 5.82 Å². The van der Waals surface area contributed by atoms with Gasteiger partial charge >= 0.3 is 5.97 Å². The largest absolute Gasteiger partial charge is 0.481 e. The summed E-state index contributed by atoms with van der Waals surface area (Å²) in [4.78, 5) is 11.3. The number of rotatable bonds is 7. The molecule has 0 amide bonds. The summed E-state index contributed by atoms with van der Waals surface area (Å²) in [5, 5.41) is 12.4. The lowest BCUT2D eigenvalue weighted by Gasteiger charge is -2.13. The molecule has 110 valence electrons. The number of hydrogen-bond donors (Lipinski definition) is 2. The lowest BCUT2D eigenvalue weighted by atomic mass is 9.99. The van der Waals surface area contributed by atoms with Crippen molar-refractivity contribution >= 4 is 5.97 Å². The van der Waals surface area contributed by atoms with E-state index in [0.29, 0.717) is 13.1 Å². The fourth-order valence-corrected chi connectivity index (χ4v) is 2.16. The van der Waals surface area contributed by atoms with Crippen LogP contribution in [0.25, 0.3) is 0 Å². The SMILES string of the molecule is O=C(O)C(CNCCc1ccc(F)cc1)c1ccccc1. The monoisotopic (exact) mass is 287 g/mol. The second-order valence-corrected chi connectivity index (χ2v) is 4.88. The van der Waals surface area contributed by atoms with Gasteiger partial charge in [0, 0.05) is 6.54 Å². The van der Waals surface area contributed by atoms with Crippen molar-refractivity contribution in [2.75, 3.05) is 13.1 Å². The van der Waals surface area contributed by atoms with Crippen molar-refractivity contribution in [3.8, 4) is 0 Å². The lowest BCUT2D eigenvalue weighted by molar-refractivity contribution is -0.138. The molecule has 0 aliphatic carbocycles. The number of carboxylic acids is 1. The Labute approximate surface area is 123 Å². The fraction of sp³-hybridized carbons (Fsp3) is 0.235. The minimum absolute atomic E-state index is 0.248. The molecule has 4 heteroatoms. The lowest BCUT2D eigenvalue weighted by Crippen LogP contribution is -2.28. The van der Waals surface area contributed by atoms with E-state index in [0.717, 1.165) is 17.5 Å². The molecule has 1 atom stereocenters. The summed E-state index contributed by atoms with van der Waals surface area (Å²) in [6.45, 7) is 1.03. The van der Waals surface area contributed by atoms with Crippen LogP contribution in [-0.4, -0.2) is 24.2 Å². The number of benzene rings is 2. The molecule has 3 nitrogen and oxygen atoms in total. The average Bonchev–Trinajstić information content (AvgIpc) is 2.49. The second-order valence-electron chi connectivity index (χ2n) is 4.88. The van der Waals surface area contributed by atoms with Gasteiger partial charge in [-0.25, -0.2) is 4.39 Å². The number of carboxylic acid groups (broad SMARTS) is 1. The molecule has 2 N–H and O–H groups in total. The van der Waals surface area contributed by atoms with Crippen LogP contribution in [0.3, 0.4) is 0 Å². The summed E-state index contributed by atoms with van der Waals surface area (Å²) in [5.41, 5.74) is 1.81. The summed E-state index contributed by atoms with van der Waals surface area (Å²) in [6, 6.07) is 15.5. The molecular weight excluding hydrogens is 269 g/mol. The minimum Gasteiger partial charge on any atom is -0.481 e. The Kier molecular flexibility index (Phi) is 5.46. The Morgan fingerprint density at radius 2 is 1.76 bits per heavy atom. The van der Waals surface area contributed by atoms with Gasteiger partial charge in [-0.05, 0) is 36.2 Å². The molecule has 0 heterocycles. The number of aliphatic carboxylic acids is 1. The number of halogens is 1. The van der Waals surface area contributed by atoms with E-state index in [1.54, 1.807) is 12.1 Å². The third kappa shape index (κ3) is 4.68. The van der Waals surface area contributed by atoms with Crippen LogP contribution in [0.15, 0.2) is 54.6 Å². The summed E-state index contributed by atoms with van der Waals surface area (Å²) in [7, 11) is 0. The van der Waals surface area contributed by atoms with Gasteiger partial charge in [0.2, 0.25) is 0 Å². The van der Waals surface area contributed by atoms with Crippen molar-refractivity contribution in [3.05, 3.63) is 71.5 Å². The van der Waals surface area contributed by atoms with Gasteiger partial charge in [-0.2, -0.15) is 0 Å². The van der Waals surface area contributed by atoms with Gasteiger partial charge < -0.3 is 10.4 Å².